The molecule has 106 valence electrons. The summed E-state index contributed by atoms with van der Waals surface area (Å²) in [5.41, 5.74) is 0.817. The van der Waals surface area contributed by atoms with Crippen LogP contribution in [0, 0.1) is 5.41 Å². The van der Waals surface area contributed by atoms with E-state index in [4.69, 9.17) is 0 Å². The average molecular weight is 275 g/mol. The molecule has 1 aliphatic carbocycles. The second-order valence-corrected chi connectivity index (χ2v) is 5.58. The van der Waals surface area contributed by atoms with E-state index in [2.05, 4.69) is 34.1 Å². The molecule has 2 heterocycles. The first-order valence-corrected chi connectivity index (χ1v) is 6.68. The highest BCUT2D eigenvalue weighted by atomic mass is 16.4. The van der Waals surface area contributed by atoms with Gasteiger partial charge in [0.2, 0.25) is 0 Å². The fourth-order valence-corrected chi connectivity index (χ4v) is 2.23. The molecule has 1 saturated carbocycles. The van der Waals surface area contributed by atoms with Gasteiger partial charge in [0.1, 0.15) is 11.8 Å². The number of nitrogens with zero attached hydrogens (tertiary/aromatic N) is 4. The molecule has 0 spiro atoms. The Labute approximate surface area is 116 Å². The van der Waals surface area contributed by atoms with Crippen molar-refractivity contribution in [2.24, 2.45) is 5.41 Å². The lowest BCUT2D eigenvalue weighted by atomic mass is 10.1. The third-order valence-electron chi connectivity index (χ3n) is 3.82. The van der Waals surface area contributed by atoms with E-state index in [0.29, 0.717) is 30.7 Å². The van der Waals surface area contributed by atoms with E-state index < -0.39 is 11.4 Å². The summed E-state index contributed by atoms with van der Waals surface area (Å²) in [5, 5.41) is 12.3. The van der Waals surface area contributed by atoms with Gasteiger partial charge in [-0.2, -0.15) is 0 Å². The summed E-state index contributed by atoms with van der Waals surface area (Å²) in [5.74, 6) is -0.148. The molecule has 0 amide bonds. The van der Waals surface area contributed by atoms with Crippen LogP contribution in [0.25, 0.3) is 11.2 Å². The maximum absolute atomic E-state index is 11.2. The molecule has 2 aromatic rings. The predicted molar refractivity (Wildman–Crippen MR) is 73.5 cm³/mol. The SMILES string of the molecule is CC(C)n1cnc2c(NCC3(C(=O)O)CC3)ncnc21. The molecule has 0 radical (unpaired) electrons. The van der Waals surface area contributed by atoms with Crippen molar-refractivity contribution in [3.8, 4) is 0 Å². The fraction of sp³-hybridized carbons (Fsp3) is 0.538. The highest BCUT2D eigenvalue weighted by molar-refractivity contribution is 5.84. The van der Waals surface area contributed by atoms with Crippen molar-refractivity contribution < 1.29 is 9.90 Å². The second-order valence-electron chi connectivity index (χ2n) is 5.58. The first-order valence-electron chi connectivity index (χ1n) is 6.68. The standard InChI is InChI=1S/C13H17N5O2/c1-8(2)18-7-17-9-10(15-6-16-11(9)18)14-5-13(3-4-13)12(19)20/h6-8H,3-5H2,1-2H3,(H,19,20)(H,14,15,16). The van der Waals surface area contributed by atoms with Gasteiger partial charge < -0.3 is 15.0 Å². The summed E-state index contributed by atoms with van der Waals surface area (Å²) in [6.07, 6.45) is 4.64. The summed E-state index contributed by atoms with van der Waals surface area (Å²) < 4.78 is 1.96. The van der Waals surface area contributed by atoms with Crippen LogP contribution in [0.5, 0.6) is 0 Å². The maximum atomic E-state index is 11.2. The Morgan fingerprint density at radius 3 is 2.80 bits per heavy atom. The Balaban J connectivity index is 1.87. The minimum absolute atomic E-state index is 0.261. The van der Waals surface area contributed by atoms with Gasteiger partial charge in [0.15, 0.2) is 11.5 Å². The fourth-order valence-electron chi connectivity index (χ4n) is 2.23. The Bertz CT molecular complexity index is 660. The van der Waals surface area contributed by atoms with E-state index in [1.165, 1.54) is 6.33 Å². The van der Waals surface area contributed by atoms with E-state index in [9.17, 15) is 9.90 Å². The van der Waals surface area contributed by atoms with Crippen molar-refractivity contribution in [3.05, 3.63) is 12.7 Å². The summed E-state index contributed by atoms with van der Waals surface area (Å²) in [6, 6.07) is 0.261. The van der Waals surface area contributed by atoms with Gasteiger partial charge in [-0.3, -0.25) is 4.79 Å². The van der Waals surface area contributed by atoms with Gasteiger partial charge in [0.25, 0.3) is 0 Å². The topological polar surface area (TPSA) is 92.9 Å². The number of carboxylic acid groups (broad SMARTS) is 1. The Morgan fingerprint density at radius 2 is 2.20 bits per heavy atom. The Hall–Kier alpha value is -2.18. The van der Waals surface area contributed by atoms with Crippen LogP contribution in [0.2, 0.25) is 0 Å². The van der Waals surface area contributed by atoms with Gasteiger partial charge in [-0.25, -0.2) is 15.0 Å². The number of hydrogen-bond acceptors (Lipinski definition) is 5. The van der Waals surface area contributed by atoms with E-state index in [-0.39, 0.29) is 6.04 Å². The zero-order valence-corrected chi connectivity index (χ0v) is 11.5. The minimum Gasteiger partial charge on any atom is -0.481 e. The largest absolute Gasteiger partial charge is 0.481 e. The molecule has 1 aliphatic rings. The van der Waals surface area contributed by atoms with Crippen molar-refractivity contribution in [1.82, 2.24) is 19.5 Å². The maximum Gasteiger partial charge on any atom is 0.311 e. The highest BCUT2D eigenvalue weighted by Gasteiger charge is 2.50. The van der Waals surface area contributed by atoms with Crippen molar-refractivity contribution >= 4 is 23.0 Å². The lowest BCUT2D eigenvalue weighted by molar-refractivity contribution is -0.142. The second kappa shape index (κ2) is 4.43. The molecule has 0 aliphatic heterocycles. The molecule has 0 aromatic carbocycles. The number of anilines is 1. The summed E-state index contributed by atoms with van der Waals surface area (Å²) in [7, 11) is 0. The van der Waals surface area contributed by atoms with Crippen LogP contribution in [0.3, 0.4) is 0 Å². The third-order valence-corrected chi connectivity index (χ3v) is 3.82. The van der Waals surface area contributed by atoms with Gasteiger partial charge in [0.05, 0.1) is 11.7 Å². The highest BCUT2D eigenvalue weighted by Crippen LogP contribution is 2.45. The van der Waals surface area contributed by atoms with Crippen molar-refractivity contribution in [1.29, 1.82) is 0 Å². The van der Waals surface area contributed by atoms with Crippen molar-refractivity contribution in [2.75, 3.05) is 11.9 Å². The smallest absolute Gasteiger partial charge is 0.311 e. The molecule has 3 rings (SSSR count). The normalized spacial score (nSPS) is 16.6. The van der Waals surface area contributed by atoms with Gasteiger partial charge in [0, 0.05) is 12.6 Å². The van der Waals surface area contributed by atoms with Crippen LogP contribution in [-0.2, 0) is 4.79 Å². The molecular formula is C13H17N5O2. The van der Waals surface area contributed by atoms with Gasteiger partial charge in [-0.05, 0) is 26.7 Å². The molecule has 1 fully saturated rings. The minimum atomic E-state index is -0.747. The van der Waals surface area contributed by atoms with E-state index >= 15 is 0 Å². The number of rotatable bonds is 5. The molecule has 2 N–H and O–H groups in total. The number of nitrogens with one attached hydrogen (secondary N) is 1. The molecule has 0 saturated heterocycles. The van der Waals surface area contributed by atoms with Crippen molar-refractivity contribution in [2.45, 2.75) is 32.7 Å². The first-order chi connectivity index (χ1) is 9.53. The summed E-state index contributed by atoms with van der Waals surface area (Å²) in [4.78, 5) is 23.9. The third kappa shape index (κ3) is 1.99. The van der Waals surface area contributed by atoms with E-state index in [0.717, 1.165) is 5.65 Å². The number of imidazole rings is 1. The predicted octanol–water partition coefficient (Wildman–Crippen LogP) is 1.68. The Kier molecular flexibility index (Phi) is 2.84. The zero-order valence-electron chi connectivity index (χ0n) is 11.5. The van der Waals surface area contributed by atoms with Crippen LogP contribution in [0.1, 0.15) is 32.7 Å². The number of hydrogen-bond donors (Lipinski definition) is 2. The molecule has 0 unspecified atom stereocenters. The molecular weight excluding hydrogens is 258 g/mol. The Morgan fingerprint density at radius 1 is 1.45 bits per heavy atom. The number of fused-ring (bicyclic) bond motifs is 1. The van der Waals surface area contributed by atoms with E-state index in [1.807, 2.05) is 4.57 Å². The summed E-state index contributed by atoms with van der Waals surface area (Å²) >= 11 is 0. The molecule has 0 atom stereocenters. The average Bonchev–Trinajstić information content (AvgIpc) is 3.08. The molecule has 7 nitrogen and oxygen atoms in total. The van der Waals surface area contributed by atoms with Crippen molar-refractivity contribution in [3.63, 3.8) is 0 Å². The number of aliphatic carboxylic acids is 1. The first kappa shape index (κ1) is 12.8. The molecule has 0 bridgehead atoms. The number of carbonyl (C=O) groups is 1. The van der Waals surface area contributed by atoms with Crippen LogP contribution < -0.4 is 5.32 Å². The van der Waals surface area contributed by atoms with Crippen LogP contribution in [0.4, 0.5) is 5.82 Å². The van der Waals surface area contributed by atoms with Crippen LogP contribution >= 0.6 is 0 Å². The zero-order chi connectivity index (χ0) is 14.3. The van der Waals surface area contributed by atoms with Crippen LogP contribution in [-0.4, -0.2) is 37.1 Å². The number of aromatic nitrogens is 4. The monoisotopic (exact) mass is 275 g/mol. The molecule has 7 heteroatoms. The summed E-state index contributed by atoms with van der Waals surface area (Å²) in [6.45, 7) is 4.49. The number of carboxylic acids is 1. The lowest BCUT2D eigenvalue weighted by Crippen LogP contribution is -2.24. The van der Waals surface area contributed by atoms with E-state index in [1.54, 1.807) is 6.33 Å². The molecule has 2 aromatic heterocycles. The molecule has 20 heavy (non-hydrogen) atoms. The van der Waals surface area contributed by atoms with Gasteiger partial charge >= 0.3 is 5.97 Å². The van der Waals surface area contributed by atoms with Gasteiger partial charge in [-0.1, -0.05) is 0 Å². The van der Waals surface area contributed by atoms with Crippen LogP contribution in [0.15, 0.2) is 12.7 Å². The lowest BCUT2D eigenvalue weighted by Gasteiger charge is -2.12. The quantitative estimate of drug-likeness (QED) is 0.862. The van der Waals surface area contributed by atoms with Gasteiger partial charge in [-0.15, -0.1) is 0 Å².